The number of esters is 1. The third-order valence-electron chi connectivity index (χ3n) is 5.55. The maximum absolute atomic E-state index is 12.4. The lowest BCUT2D eigenvalue weighted by Crippen LogP contribution is -2.24. The molecular formula is C22H24N2O4. The number of rotatable bonds is 5. The number of nitrogens with zero attached hydrogens (tertiary/aromatic N) is 1. The molecule has 0 radical (unpaired) electrons. The molecule has 0 atom stereocenters. The first-order valence-electron chi connectivity index (χ1n) is 9.74. The second-order valence-electron chi connectivity index (χ2n) is 7.45. The van der Waals surface area contributed by atoms with Crippen molar-refractivity contribution in [2.75, 3.05) is 7.11 Å². The number of carbonyl (C=O) groups is 2. The normalized spacial score (nSPS) is 15.2. The van der Waals surface area contributed by atoms with Crippen molar-refractivity contribution in [3.8, 4) is 11.3 Å². The predicted octanol–water partition coefficient (Wildman–Crippen LogP) is 3.41. The van der Waals surface area contributed by atoms with Crippen LogP contribution in [0.25, 0.3) is 11.3 Å². The molecule has 1 N–H and O–H groups in total. The molecule has 2 aliphatic rings. The lowest BCUT2D eigenvalue weighted by molar-refractivity contribution is -0.136. The lowest BCUT2D eigenvalue weighted by Gasteiger charge is -2.15. The van der Waals surface area contributed by atoms with Crippen LogP contribution in [0.3, 0.4) is 0 Å². The number of nitrogens with one attached hydrogen (secondary N) is 1. The Kier molecular flexibility index (Phi) is 5.03. The molecule has 0 fully saturated rings. The van der Waals surface area contributed by atoms with Crippen molar-refractivity contribution in [1.82, 2.24) is 10.5 Å². The number of hydrogen-bond acceptors (Lipinski definition) is 5. The average Bonchev–Trinajstić information content (AvgIpc) is 3.32. The Balaban J connectivity index is 1.44. The van der Waals surface area contributed by atoms with Crippen molar-refractivity contribution in [1.29, 1.82) is 0 Å². The van der Waals surface area contributed by atoms with Gasteiger partial charge in [0.05, 0.1) is 18.4 Å². The fourth-order valence-electron chi connectivity index (χ4n) is 4.11. The van der Waals surface area contributed by atoms with Crippen molar-refractivity contribution in [2.24, 2.45) is 0 Å². The van der Waals surface area contributed by atoms with E-state index in [1.165, 1.54) is 18.2 Å². The zero-order chi connectivity index (χ0) is 19.7. The molecular weight excluding hydrogens is 356 g/mol. The van der Waals surface area contributed by atoms with Gasteiger partial charge in [-0.25, -0.2) is 4.79 Å². The first-order chi connectivity index (χ1) is 13.6. The highest BCUT2D eigenvalue weighted by atomic mass is 16.5. The maximum Gasteiger partial charge on any atom is 0.335 e. The monoisotopic (exact) mass is 380 g/mol. The second kappa shape index (κ2) is 7.62. The minimum absolute atomic E-state index is 0.109. The summed E-state index contributed by atoms with van der Waals surface area (Å²) in [5.74, 6) is 0.372. The van der Waals surface area contributed by atoms with Gasteiger partial charge in [0.25, 0.3) is 0 Å². The van der Waals surface area contributed by atoms with Gasteiger partial charge in [0.15, 0.2) is 5.76 Å². The largest absolute Gasteiger partial charge is 0.466 e. The van der Waals surface area contributed by atoms with Crippen LogP contribution in [-0.4, -0.2) is 24.1 Å². The zero-order valence-corrected chi connectivity index (χ0v) is 16.3. The lowest BCUT2D eigenvalue weighted by atomic mass is 9.88. The first-order valence-corrected chi connectivity index (χ1v) is 9.74. The molecule has 2 aromatic rings. The summed E-state index contributed by atoms with van der Waals surface area (Å²) < 4.78 is 10.4. The van der Waals surface area contributed by atoms with E-state index in [9.17, 15) is 9.59 Å². The Morgan fingerprint density at radius 2 is 2.07 bits per heavy atom. The second-order valence-corrected chi connectivity index (χ2v) is 7.45. The van der Waals surface area contributed by atoms with Gasteiger partial charge in [-0.05, 0) is 44.6 Å². The Bertz CT molecular complexity index is 971. The highest BCUT2D eigenvalue weighted by molar-refractivity contribution is 5.91. The summed E-state index contributed by atoms with van der Waals surface area (Å²) in [7, 11) is 1.36. The van der Waals surface area contributed by atoms with Gasteiger partial charge in [-0.3, -0.25) is 4.79 Å². The Labute approximate surface area is 163 Å². The standard InChI is InChI=1S/C22H24N2O4/c1-13-6-8-15-14(12-13)7-9-16-19(24-28-21(15)16)10-11-20(25)23-18-5-3-4-17(18)22(26)27-2/h6,8,12H,3-5,7,9-11H2,1-2H3,(H,23,25). The van der Waals surface area contributed by atoms with E-state index < -0.39 is 0 Å². The number of amides is 1. The van der Waals surface area contributed by atoms with E-state index in [4.69, 9.17) is 9.26 Å². The van der Waals surface area contributed by atoms with Gasteiger partial charge in [-0.15, -0.1) is 0 Å². The topological polar surface area (TPSA) is 81.4 Å². The number of aryl methyl sites for hydroxylation is 3. The average molecular weight is 380 g/mol. The number of methoxy groups -OCH3 is 1. The Hall–Kier alpha value is -2.89. The van der Waals surface area contributed by atoms with Crippen LogP contribution in [0.2, 0.25) is 0 Å². The maximum atomic E-state index is 12.4. The third-order valence-corrected chi connectivity index (χ3v) is 5.55. The van der Waals surface area contributed by atoms with Gasteiger partial charge >= 0.3 is 5.97 Å². The summed E-state index contributed by atoms with van der Waals surface area (Å²) in [4.78, 5) is 24.2. The molecule has 28 heavy (non-hydrogen) atoms. The molecule has 2 aliphatic carbocycles. The van der Waals surface area contributed by atoms with E-state index in [-0.39, 0.29) is 11.9 Å². The van der Waals surface area contributed by atoms with Crippen molar-refractivity contribution in [3.63, 3.8) is 0 Å². The number of ether oxygens (including phenoxy) is 1. The summed E-state index contributed by atoms with van der Waals surface area (Å²) in [5.41, 5.74) is 6.88. The van der Waals surface area contributed by atoms with Gasteiger partial charge in [-0.2, -0.15) is 0 Å². The van der Waals surface area contributed by atoms with Crippen LogP contribution in [0.15, 0.2) is 34.0 Å². The molecule has 0 saturated heterocycles. The summed E-state index contributed by atoms with van der Waals surface area (Å²) in [6.45, 7) is 2.09. The van der Waals surface area contributed by atoms with Crippen molar-refractivity contribution < 1.29 is 18.8 Å². The highest BCUT2D eigenvalue weighted by Gasteiger charge is 2.26. The first kappa shape index (κ1) is 18.5. The molecule has 6 nitrogen and oxygen atoms in total. The van der Waals surface area contributed by atoms with Crippen molar-refractivity contribution in [2.45, 2.75) is 51.9 Å². The number of fused-ring (bicyclic) bond motifs is 3. The summed E-state index contributed by atoms with van der Waals surface area (Å²) in [5, 5.41) is 7.13. The molecule has 1 aromatic carbocycles. The SMILES string of the molecule is COC(=O)C1=C(NC(=O)CCc2noc3c2CCc2cc(C)ccc2-3)CCC1. The molecule has 1 heterocycles. The Morgan fingerprint density at radius 1 is 1.21 bits per heavy atom. The van der Waals surface area contributed by atoms with Gasteiger partial charge in [-0.1, -0.05) is 28.9 Å². The summed E-state index contributed by atoms with van der Waals surface area (Å²) >= 11 is 0. The molecule has 0 aliphatic heterocycles. The van der Waals surface area contributed by atoms with Crippen LogP contribution in [0.4, 0.5) is 0 Å². The molecule has 1 aromatic heterocycles. The smallest absolute Gasteiger partial charge is 0.335 e. The molecule has 1 amide bonds. The summed E-state index contributed by atoms with van der Waals surface area (Å²) in [6.07, 6.45) is 4.87. The van der Waals surface area contributed by atoms with Crippen LogP contribution < -0.4 is 5.32 Å². The molecule has 6 heteroatoms. The zero-order valence-electron chi connectivity index (χ0n) is 16.3. The Morgan fingerprint density at radius 3 is 2.89 bits per heavy atom. The van der Waals surface area contributed by atoms with E-state index in [1.54, 1.807) is 0 Å². The molecule has 0 spiro atoms. The minimum atomic E-state index is -0.354. The van der Waals surface area contributed by atoms with E-state index in [0.29, 0.717) is 37.0 Å². The van der Waals surface area contributed by atoms with Crippen LogP contribution in [0.1, 0.15) is 48.1 Å². The fraction of sp³-hybridized carbons (Fsp3) is 0.409. The van der Waals surface area contributed by atoms with Crippen molar-refractivity contribution >= 4 is 11.9 Å². The molecule has 0 saturated carbocycles. The highest BCUT2D eigenvalue weighted by Crippen LogP contribution is 2.36. The van der Waals surface area contributed by atoms with Gasteiger partial charge in [0.2, 0.25) is 5.91 Å². The van der Waals surface area contributed by atoms with Crippen LogP contribution in [0.5, 0.6) is 0 Å². The number of carbonyl (C=O) groups excluding carboxylic acids is 2. The molecule has 146 valence electrons. The van der Waals surface area contributed by atoms with E-state index >= 15 is 0 Å². The van der Waals surface area contributed by atoms with Crippen LogP contribution in [-0.2, 0) is 33.6 Å². The predicted molar refractivity (Wildman–Crippen MR) is 103 cm³/mol. The van der Waals surface area contributed by atoms with Gasteiger partial charge < -0.3 is 14.6 Å². The van der Waals surface area contributed by atoms with E-state index in [1.807, 2.05) is 0 Å². The van der Waals surface area contributed by atoms with E-state index in [2.05, 4.69) is 35.6 Å². The van der Waals surface area contributed by atoms with Crippen LogP contribution >= 0.6 is 0 Å². The third kappa shape index (κ3) is 3.46. The molecule has 0 unspecified atom stereocenters. The number of benzene rings is 1. The van der Waals surface area contributed by atoms with Gasteiger partial charge in [0, 0.05) is 29.7 Å². The van der Waals surface area contributed by atoms with E-state index in [0.717, 1.165) is 41.8 Å². The fourth-order valence-corrected chi connectivity index (χ4v) is 4.11. The molecule has 0 bridgehead atoms. The quantitative estimate of drug-likeness (QED) is 0.804. The summed E-state index contributed by atoms with van der Waals surface area (Å²) in [6, 6.07) is 6.37. The number of hydrogen-bond donors (Lipinski definition) is 1. The number of allylic oxidation sites excluding steroid dienone is 1. The van der Waals surface area contributed by atoms with Gasteiger partial charge in [0.1, 0.15) is 0 Å². The van der Waals surface area contributed by atoms with Crippen LogP contribution in [0, 0.1) is 6.92 Å². The van der Waals surface area contributed by atoms with Crippen molar-refractivity contribution in [3.05, 3.63) is 51.9 Å². The minimum Gasteiger partial charge on any atom is -0.466 e. The number of aromatic nitrogens is 1. The molecule has 4 rings (SSSR count).